The van der Waals surface area contributed by atoms with Crippen molar-refractivity contribution in [3.05, 3.63) is 0 Å². The van der Waals surface area contributed by atoms with Gasteiger partial charge >= 0.3 is 7.82 Å². The number of aliphatic hydroxyl groups is 2. The fourth-order valence-corrected chi connectivity index (χ4v) is 8.61. The zero-order valence-corrected chi connectivity index (χ0v) is 17.4. The first-order chi connectivity index (χ1) is 12.5. The molecule has 5 fully saturated rings. The summed E-state index contributed by atoms with van der Waals surface area (Å²) in [6.07, 6.45) is 2.66. The van der Waals surface area contributed by atoms with Crippen LogP contribution in [0.5, 0.6) is 0 Å². The quantitative estimate of drug-likeness (QED) is 0.449. The molecule has 0 radical (unpaired) electrons. The number of phosphoric acid groups is 1. The van der Waals surface area contributed by atoms with Crippen LogP contribution in [0.1, 0.15) is 38.5 Å². The Kier molecular flexibility index (Phi) is 5.34. The SMILES string of the molecule is O=P(O)(OCC1OC(C23CC4CC(CC(C4)C2)C3)C(O)C1O)OS(=O)(O)=P. The number of ether oxygens (including phenoxy) is 1. The molecule has 4 aliphatic carbocycles. The van der Waals surface area contributed by atoms with Crippen LogP contribution in [0.4, 0.5) is 0 Å². The topological polar surface area (TPSA) is 143 Å². The smallest absolute Gasteiger partial charge is 0.388 e. The number of hydrogen-bond donors (Lipinski definition) is 4. The molecule has 1 saturated heterocycles. The van der Waals surface area contributed by atoms with Crippen LogP contribution in [0.15, 0.2) is 0 Å². The molecular weight excluding hydrogens is 418 g/mol. The predicted octanol–water partition coefficient (Wildman–Crippen LogP) is 1.56. The van der Waals surface area contributed by atoms with Crippen molar-refractivity contribution < 1.29 is 41.7 Å². The van der Waals surface area contributed by atoms with E-state index in [4.69, 9.17) is 13.8 Å². The third-order valence-electron chi connectivity index (χ3n) is 6.65. The highest BCUT2D eigenvalue weighted by atomic mass is 32.5. The van der Waals surface area contributed by atoms with Crippen LogP contribution >= 0.6 is 15.8 Å². The summed E-state index contributed by atoms with van der Waals surface area (Å²) in [5, 5.41) is 21.0. The fourth-order valence-electron chi connectivity index (χ4n) is 6.24. The van der Waals surface area contributed by atoms with Crippen LogP contribution < -0.4 is 0 Å². The van der Waals surface area contributed by atoms with Crippen LogP contribution in [0, 0.1) is 23.2 Å². The summed E-state index contributed by atoms with van der Waals surface area (Å²) in [6.45, 7) is -0.545. The van der Waals surface area contributed by atoms with E-state index in [9.17, 15) is 23.9 Å². The highest BCUT2D eigenvalue weighted by Gasteiger charge is 2.60. The molecule has 6 unspecified atom stereocenters. The molecule has 5 rings (SSSR count). The lowest BCUT2D eigenvalue weighted by atomic mass is 9.48. The third-order valence-corrected chi connectivity index (χ3v) is 9.36. The minimum atomic E-state index is -4.84. The van der Waals surface area contributed by atoms with Crippen molar-refractivity contribution in [2.75, 3.05) is 6.61 Å². The molecule has 1 heterocycles. The zero-order chi connectivity index (χ0) is 19.6. The summed E-state index contributed by atoms with van der Waals surface area (Å²) in [4.78, 5) is 9.50. The second-order valence-corrected chi connectivity index (χ2v) is 13.0. The lowest BCUT2D eigenvalue weighted by molar-refractivity contribution is -0.159. The second-order valence-electron chi connectivity index (χ2n) is 8.67. The standard InChI is InChI=1S/C15H26O9P2S/c16-12-11(7-22-26(18,19)24-27(20,21)25)23-14(13(12)17)15-4-8-1-9(5-15)3-10(2-8)6-15/h8-14,16-17,25H,1-7H2,(H,18,19)(H,20,21). The summed E-state index contributed by atoms with van der Waals surface area (Å²) in [6, 6.07) is 0. The fraction of sp³-hybridized carbons (Fsp3) is 1.00. The summed E-state index contributed by atoms with van der Waals surface area (Å²) in [7, 11) is -6.69. The van der Waals surface area contributed by atoms with Crippen LogP contribution in [-0.2, 0) is 27.5 Å². The number of rotatable bonds is 6. The van der Waals surface area contributed by atoms with Gasteiger partial charge in [-0.25, -0.2) is 8.77 Å². The van der Waals surface area contributed by atoms with Crippen molar-refractivity contribution in [2.45, 2.75) is 62.9 Å². The monoisotopic (exact) mass is 444 g/mol. The Morgan fingerprint density at radius 3 is 2.11 bits per heavy atom. The zero-order valence-electron chi connectivity index (χ0n) is 14.7. The first kappa shape index (κ1) is 20.7. The Morgan fingerprint density at radius 1 is 1.11 bits per heavy atom. The average molecular weight is 444 g/mol. The summed E-state index contributed by atoms with van der Waals surface area (Å²) in [5.74, 6) is 1.92. The van der Waals surface area contributed by atoms with Gasteiger partial charge in [0.1, 0.15) is 18.3 Å². The number of phosphoric ester groups is 1. The van der Waals surface area contributed by atoms with Gasteiger partial charge in [-0.1, -0.05) is 0 Å². The molecule has 5 aliphatic rings. The molecule has 0 amide bonds. The number of aliphatic hydroxyl groups excluding tert-OH is 2. The van der Waals surface area contributed by atoms with Gasteiger partial charge < -0.3 is 19.8 Å². The van der Waals surface area contributed by atoms with Crippen LogP contribution in [-0.4, -0.2) is 54.9 Å². The van der Waals surface area contributed by atoms with Gasteiger partial charge in [0.05, 0.1) is 12.7 Å². The molecule has 4 N–H and O–H groups in total. The van der Waals surface area contributed by atoms with E-state index >= 15 is 0 Å². The molecule has 6 atom stereocenters. The van der Waals surface area contributed by atoms with Crippen molar-refractivity contribution in [1.82, 2.24) is 0 Å². The van der Waals surface area contributed by atoms with Crippen molar-refractivity contribution in [2.24, 2.45) is 23.2 Å². The van der Waals surface area contributed by atoms with Crippen LogP contribution in [0.2, 0.25) is 0 Å². The Bertz CT molecular complexity index is 706. The lowest BCUT2D eigenvalue weighted by Gasteiger charge is -2.59. The van der Waals surface area contributed by atoms with Crippen molar-refractivity contribution in [1.29, 1.82) is 0 Å². The van der Waals surface area contributed by atoms with Gasteiger partial charge in [0.2, 0.25) is 9.67 Å². The largest absolute Gasteiger partial charge is 0.486 e. The van der Waals surface area contributed by atoms with Gasteiger partial charge in [0.25, 0.3) is 0 Å². The van der Waals surface area contributed by atoms with E-state index in [-0.39, 0.29) is 5.41 Å². The van der Waals surface area contributed by atoms with Crippen molar-refractivity contribution in [3.8, 4) is 0 Å². The molecule has 0 aromatic heterocycles. The molecule has 4 saturated carbocycles. The van der Waals surface area contributed by atoms with E-state index in [1.165, 1.54) is 19.3 Å². The third kappa shape index (κ3) is 4.17. The molecule has 0 aromatic rings. The molecule has 9 nitrogen and oxygen atoms in total. The van der Waals surface area contributed by atoms with Gasteiger partial charge in [-0.2, -0.15) is 3.97 Å². The Balaban J connectivity index is 1.43. The van der Waals surface area contributed by atoms with Crippen molar-refractivity contribution >= 4 is 25.5 Å². The van der Waals surface area contributed by atoms with E-state index < -0.39 is 48.5 Å². The normalized spacial score (nSPS) is 50.4. The van der Waals surface area contributed by atoms with Crippen LogP contribution in [0.25, 0.3) is 0 Å². The first-order valence-corrected chi connectivity index (χ1v) is 13.3. The molecule has 156 valence electrons. The van der Waals surface area contributed by atoms with Gasteiger partial charge in [0.15, 0.2) is 0 Å². The Hall–Kier alpha value is 0.400. The molecule has 0 aromatic carbocycles. The summed E-state index contributed by atoms with van der Waals surface area (Å²) >= 11 is 0. The van der Waals surface area contributed by atoms with E-state index in [0.29, 0.717) is 17.8 Å². The van der Waals surface area contributed by atoms with Gasteiger partial charge in [-0.15, -0.1) is 0 Å². The van der Waals surface area contributed by atoms with Gasteiger partial charge in [-0.3, -0.25) is 9.08 Å². The predicted molar refractivity (Wildman–Crippen MR) is 97.2 cm³/mol. The molecule has 0 spiro atoms. The van der Waals surface area contributed by atoms with Crippen molar-refractivity contribution in [3.63, 3.8) is 0 Å². The Morgan fingerprint density at radius 2 is 1.63 bits per heavy atom. The summed E-state index contributed by atoms with van der Waals surface area (Å²) in [5.41, 5.74) is -0.168. The van der Waals surface area contributed by atoms with E-state index in [0.717, 1.165) is 19.3 Å². The second kappa shape index (κ2) is 6.98. The maximum absolute atomic E-state index is 11.7. The first-order valence-electron chi connectivity index (χ1n) is 9.18. The molecule has 4 bridgehead atoms. The van der Waals surface area contributed by atoms with E-state index in [1.807, 2.05) is 0 Å². The maximum atomic E-state index is 11.7. The van der Waals surface area contributed by atoms with Crippen LogP contribution in [0.3, 0.4) is 0 Å². The minimum absolute atomic E-state index is 0.168. The maximum Gasteiger partial charge on any atom is 0.486 e. The Labute approximate surface area is 160 Å². The molecular formula is C15H26O9P2S. The minimum Gasteiger partial charge on any atom is -0.388 e. The highest BCUT2D eigenvalue weighted by Crippen LogP contribution is 2.63. The highest BCUT2D eigenvalue weighted by molar-refractivity contribution is 8.15. The summed E-state index contributed by atoms with van der Waals surface area (Å²) < 4.78 is 46.4. The number of hydrogen-bond acceptors (Lipinski definition) is 7. The molecule has 1 aliphatic heterocycles. The van der Waals surface area contributed by atoms with E-state index in [2.05, 4.69) is 12.0 Å². The van der Waals surface area contributed by atoms with Gasteiger partial charge in [0, 0.05) is 13.4 Å². The average Bonchev–Trinajstić information content (AvgIpc) is 2.78. The van der Waals surface area contributed by atoms with Gasteiger partial charge in [-0.05, 0) is 56.3 Å². The van der Waals surface area contributed by atoms with E-state index in [1.54, 1.807) is 0 Å². The lowest BCUT2D eigenvalue weighted by Crippen LogP contribution is -2.54. The molecule has 27 heavy (non-hydrogen) atoms. The molecule has 12 heteroatoms.